The van der Waals surface area contributed by atoms with E-state index in [1.54, 1.807) is 0 Å². The number of benzene rings is 2. The van der Waals surface area contributed by atoms with Crippen LogP contribution in [0.4, 0.5) is 11.4 Å². The molecule has 0 radical (unpaired) electrons. The van der Waals surface area contributed by atoms with Crippen LogP contribution >= 0.6 is 0 Å². The monoisotopic (exact) mass is 252 g/mol. The smallest absolute Gasteiger partial charge is 0.0367 e. The lowest BCUT2D eigenvalue weighted by molar-refractivity contribution is 1.12. The highest BCUT2D eigenvalue weighted by molar-refractivity contribution is 5.81. The molecule has 0 fully saturated rings. The van der Waals surface area contributed by atoms with Crippen molar-refractivity contribution in [2.75, 3.05) is 38.0 Å². The molecule has 2 aromatic carbocycles. The Labute approximate surface area is 115 Å². The normalized spacial score (nSPS) is 12.0. The van der Waals surface area contributed by atoms with Crippen molar-refractivity contribution in [3.63, 3.8) is 0 Å². The zero-order valence-corrected chi connectivity index (χ0v) is 12.1. The maximum absolute atomic E-state index is 2.31. The van der Waals surface area contributed by atoms with Gasteiger partial charge in [0.15, 0.2) is 0 Å². The summed E-state index contributed by atoms with van der Waals surface area (Å²) in [6, 6.07) is 13.5. The molecule has 0 aliphatic heterocycles. The average molecular weight is 252 g/mol. The van der Waals surface area contributed by atoms with E-state index in [0.717, 1.165) is 6.42 Å². The van der Waals surface area contributed by atoms with E-state index in [1.807, 2.05) is 0 Å². The highest BCUT2D eigenvalue weighted by Crippen LogP contribution is 2.39. The molecule has 2 nitrogen and oxygen atoms in total. The second kappa shape index (κ2) is 4.30. The summed E-state index contributed by atoms with van der Waals surface area (Å²) < 4.78 is 0. The fraction of sp³-hybridized carbons (Fsp3) is 0.294. The molecule has 0 N–H and O–H groups in total. The van der Waals surface area contributed by atoms with Crippen LogP contribution in [0.25, 0.3) is 11.1 Å². The molecular weight excluding hydrogens is 232 g/mol. The molecule has 0 spiro atoms. The van der Waals surface area contributed by atoms with Gasteiger partial charge in [0.1, 0.15) is 0 Å². The van der Waals surface area contributed by atoms with Gasteiger partial charge in [0.2, 0.25) is 0 Å². The Morgan fingerprint density at radius 3 is 2.00 bits per heavy atom. The largest absolute Gasteiger partial charge is 0.378 e. The van der Waals surface area contributed by atoms with Gasteiger partial charge in [-0.05, 0) is 52.9 Å². The molecule has 0 saturated heterocycles. The van der Waals surface area contributed by atoms with Gasteiger partial charge < -0.3 is 9.80 Å². The minimum Gasteiger partial charge on any atom is -0.378 e. The van der Waals surface area contributed by atoms with Crippen LogP contribution in [-0.2, 0) is 6.42 Å². The van der Waals surface area contributed by atoms with E-state index in [-0.39, 0.29) is 0 Å². The number of hydrogen-bond donors (Lipinski definition) is 0. The maximum Gasteiger partial charge on any atom is 0.0367 e. The molecule has 2 aromatic rings. The SMILES string of the molecule is CN(C)c1ccc2c(c1)Cc1ccc(N(C)C)cc1-2. The molecule has 3 rings (SSSR count). The molecule has 0 aromatic heterocycles. The second-order valence-electron chi connectivity index (χ2n) is 5.65. The predicted molar refractivity (Wildman–Crippen MR) is 83.3 cm³/mol. The molecule has 1 aliphatic carbocycles. The van der Waals surface area contributed by atoms with E-state index in [1.165, 1.54) is 33.6 Å². The molecule has 2 heteroatoms. The minimum atomic E-state index is 1.06. The molecule has 0 atom stereocenters. The lowest BCUT2D eigenvalue weighted by Crippen LogP contribution is -2.08. The zero-order chi connectivity index (χ0) is 13.6. The Balaban J connectivity index is 2.09. The molecular formula is C17H20N2. The summed E-state index contributed by atoms with van der Waals surface area (Å²) in [6.45, 7) is 0. The first kappa shape index (κ1) is 12.1. The van der Waals surface area contributed by atoms with E-state index in [4.69, 9.17) is 0 Å². The number of rotatable bonds is 2. The first-order valence-electron chi connectivity index (χ1n) is 6.67. The highest BCUT2D eigenvalue weighted by Gasteiger charge is 2.19. The fourth-order valence-electron chi connectivity index (χ4n) is 2.72. The maximum atomic E-state index is 2.31. The summed E-state index contributed by atoms with van der Waals surface area (Å²) in [5.74, 6) is 0. The van der Waals surface area contributed by atoms with Crippen LogP contribution < -0.4 is 9.80 Å². The molecule has 0 bridgehead atoms. The third kappa shape index (κ3) is 1.97. The molecule has 0 saturated carbocycles. The number of fused-ring (bicyclic) bond motifs is 3. The predicted octanol–water partition coefficient (Wildman–Crippen LogP) is 3.39. The van der Waals surface area contributed by atoms with Crippen molar-refractivity contribution in [2.45, 2.75) is 6.42 Å². The summed E-state index contributed by atoms with van der Waals surface area (Å²) >= 11 is 0. The fourth-order valence-corrected chi connectivity index (χ4v) is 2.72. The van der Waals surface area contributed by atoms with Crippen molar-refractivity contribution in [3.05, 3.63) is 47.5 Å². The van der Waals surface area contributed by atoms with Gasteiger partial charge in [-0.2, -0.15) is 0 Å². The Morgan fingerprint density at radius 2 is 1.32 bits per heavy atom. The van der Waals surface area contributed by atoms with Crippen LogP contribution in [0.1, 0.15) is 11.1 Å². The van der Waals surface area contributed by atoms with Crippen LogP contribution in [0.5, 0.6) is 0 Å². The van der Waals surface area contributed by atoms with E-state index in [0.29, 0.717) is 0 Å². The average Bonchev–Trinajstić information content (AvgIpc) is 2.74. The quantitative estimate of drug-likeness (QED) is 0.690. The molecule has 19 heavy (non-hydrogen) atoms. The van der Waals surface area contributed by atoms with Gasteiger partial charge in [-0.3, -0.25) is 0 Å². The van der Waals surface area contributed by atoms with E-state index in [9.17, 15) is 0 Å². The van der Waals surface area contributed by atoms with Gasteiger partial charge >= 0.3 is 0 Å². The third-order valence-electron chi connectivity index (χ3n) is 3.89. The topological polar surface area (TPSA) is 6.48 Å². The van der Waals surface area contributed by atoms with Crippen LogP contribution in [0.3, 0.4) is 0 Å². The summed E-state index contributed by atoms with van der Waals surface area (Å²) in [5, 5.41) is 0. The molecule has 1 aliphatic rings. The van der Waals surface area contributed by atoms with Crippen LogP contribution in [0, 0.1) is 0 Å². The van der Waals surface area contributed by atoms with Gasteiger partial charge in [-0.1, -0.05) is 12.1 Å². The highest BCUT2D eigenvalue weighted by atomic mass is 15.1. The Bertz CT molecular complexity index is 627. The Hall–Kier alpha value is -1.96. The number of nitrogens with zero attached hydrogens (tertiary/aromatic N) is 2. The summed E-state index contributed by atoms with van der Waals surface area (Å²) in [4.78, 5) is 4.32. The van der Waals surface area contributed by atoms with Gasteiger partial charge in [0.05, 0.1) is 0 Å². The van der Waals surface area contributed by atoms with Gasteiger partial charge in [0.25, 0.3) is 0 Å². The van der Waals surface area contributed by atoms with Crippen molar-refractivity contribution < 1.29 is 0 Å². The lowest BCUT2D eigenvalue weighted by atomic mass is 10.0. The van der Waals surface area contributed by atoms with Crippen molar-refractivity contribution in [3.8, 4) is 11.1 Å². The van der Waals surface area contributed by atoms with Crippen LogP contribution in [0.2, 0.25) is 0 Å². The van der Waals surface area contributed by atoms with Crippen molar-refractivity contribution in [1.29, 1.82) is 0 Å². The standard InChI is InChI=1S/C17H20N2/c1-18(2)14-7-8-16-13(10-14)9-12-5-6-15(19(3)4)11-17(12)16/h5-8,10-11H,9H2,1-4H3. The summed E-state index contributed by atoms with van der Waals surface area (Å²) in [7, 11) is 8.36. The van der Waals surface area contributed by atoms with E-state index < -0.39 is 0 Å². The van der Waals surface area contributed by atoms with Gasteiger partial charge in [-0.25, -0.2) is 0 Å². The van der Waals surface area contributed by atoms with Gasteiger partial charge in [-0.15, -0.1) is 0 Å². The molecule has 0 heterocycles. The van der Waals surface area contributed by atoms with Crippen LogP contribution in [-0.4, -0.2) is 28.2 Å². The van der Waals surface area contributed by atoms with Crippen molar-refractivity contribution >= 4 is 11.4 Å². The Kier molecular flexibility index (Phi) is 2.74. The van der Waals surface area contributed by atoms with Crippen LogP contribution in [0.15, 0.2) is 36.4 Å². The van der Waals surface area contributed by atoms with Gasteiger partial charge in [0, 0.05) is 39.6 Å². The third-order valence-corrected chi connectivity index (χ3v) is 3.89. The summed E-state index contributed by atoms with van der Waals surface area (Å²) in [5.41, 5.74) is 8.21. The van der Waals surface area contributed by atoms with E-state index in [2.05, 4.69) is 74.4 Å². The number of hydrogen-bond acceptors (Lipinski definition) is 2. The second-order valence-corrected chi connectivity index (χ2v) is 5.65. The molecule has 0 unspecified atom stereocenters. The first-order valence-corrected chi connectivity index (χ1v) is 6.67. The first-order chi connectivity index (χ1) is 9.06. The summed E-state index contributed by atoms with van der Waals surface area (Å²) in [6.07, 6.45) is 1.06. The molecule has 98 valence electrons. The van der Waals surface area contributed by atoms with Crippen molar-refractivity contribution in [2.24, 2.45) is 0 Å². The molecule has 0 amide bonds. The number of anilines is 2. The zero-order valence-electron chi connectivity index (χ0n) is 12.1. The van der Waals surface area contributed by atoms with E-state index >= 15 is 0 Å². The lowest BCUT2D eigenvalue weighted by Gasteiger charge is -2.15. The minimum absolute atomic E-state index is 1.06. The van der Waals surface area contributed by atoms with Crippen molar-refractivity contribution in [1.82, 2.24) is 0 Å². The Morgan fingerprint density at radius 1 is 0.684 bits per heavy atom.